The second-order valence-corrected chi connectivity index (χ2v) is 13.1. The van der Waals surface area contributed by atoms with Gasteiger partial charge >= 0.3 is 5.97 Å². The standard InChI is InChI=1S/C33H54O3/c1-22(2)12-9-13-23(3)14-10-15-24(4)16-11-20-33(8)21-19-29-27(7)30(35-32(34)28-17-18-28)25(5)26(6)31(29)36-33/h22-24,28H,9-21H2,1-8H3. The van der Waals surface area contributed by atoms with E-state index in [-0.39, 0.29) is 17.5 Å². The molecule has 204 valence electrons. The van der Waals surface area contributed by atoms with Gasteiger partial charge in [0, 0.05) is 5.56 Å². The van der Waals surface area contributed by atoms with Gasteiger partial charge in [-0.25, -0.2) is 0 Å². The fourth-order valence-electron chi connectivity index (χ4n) is 5.92. The predicted octanol–water partition coefficient (Wildman–Crippen LogP) is 9.45. The molecule has 1 heterocycles. The molecule has 1 aliphatic carbocycles. The highest BCUT2D eigenvalue weighted by Crippen LogP contribution is 2.45. The van der Waals surface area contributed by atoms with Crippen LogP contribution in [0.2, 0.25) is 0 Å². The normalized spacial score (nSPS) is 21.1. The van der Waals surface area contributed by atoms with E-state index in [0.29, 0.717) is 0 Å². The Kier molecular flexibility index (Phi) is 10.4. The zero-order valence-electron chi connectivity index (χ0n) is 24.7. The average molecular weight is 499 g/mol. The molecule has 0 aromatic heterocycles. The molecule has 1 fully saturated rings. The van der Waals surface area contributed by atoms with Crippen LogP contribution in [0.3, 0.4) is 0 Å². The molecule has 0 spiro atoms. The van der Waals surface area contributed by atoms with Crippen LogP contribution < -0.4 is 9.47 Å². The summed E-state index contributed by atoms with van der Waals surface area (Å²) in [5.41, 5.74) is 4.42. The fourth-order valence-corrected chi connectivity index (χ4v) is 5.92. The molecular weight excluding hydrogens is 444 g/mol. The van der Waals surface area contributed by atoms with E-state index >= 15 is 0 Å². The second-order valence-electron chi connectivity index (χ2n) is 13.1. The molecule has 3 nitrogen and oxygen atoms in total. The van der Waals surface area contributed by atoms with Crippen molar-refractivity contribution in [2.45, 2.75) is 144 Å². The molecule has 3 atom stereocenters. The number of hydrogen-bond acceptors (Lipinski definition) is 3. The van der Waals surface area contributed by atoms with Crippen molar-refractivity contribution in [2.24, 2.45) is 23.7 Å². The molecule has 1 saturated carbocycles. The van der Waals surface area contributed by atoms with Crippen LogP contribution in [0.25, 0.3) is 0 Å². The lowest BCUT2D eigenvalue weighted by Gasteiger charge is -2.38. The summed E-state index contributed by atoms with van der Waals surface area (Å²) >= 11 is 0. The van der Waals surface area contributed by atoms with Gasteiger partial charge in [-0.2, -0.15) is 0 Å². The summed E-state index contributed by atoms with van der Waals surface area (Å²) in [6.07, 6.45) is 15.9. The van der Waals surface area contributed by atoms with E-state index in [1.165, 1.54) is 56.9 Å². The van der Waals surface area contributed by atoms with Crippen LogP contribution >= 0.6 is 0 Å². The van der Waals surface area contributed by atoms with Gasteiger partial charge in [0.05, 0.1) is 5.92 Å². The highest BCUT2D eigenvalue weighted by atomic mass is 16.5. The summed E-state index contributed by atoms with van der Waals surface area (Å²) in [5, 5.41) is 0. The molecule has 2 aliphatic rings. The van der Waals surface area contributed by atoms with E-state index in [4.69, 9.17) is 9.47 Å². The quantitative estimate of drug-likeness (QED) is 0.189. The van der Waals surface area contributed by atoms with Gasteiger partial charge in [0.1, 0.15) is 17.1 Å². The molecular formula is C33H54O3. The number of carbonyl (C=O) groups excluding carboxylic acids is 1. The van der Waals surface area contributed by atoms with Crippen molar-refractivity contribution in [1.29, 1.82) is 0 Å². The minimum Gasteiger partial charge on any atom is -0.487 e. The lowest BCUT2D eigenvalue weighted by atomic mass is 9.83. The van der Waals surface area contributed by atoms with Crippen molar-refractivity contribution >= 4 is 5.97 Å². The van der Waals surface area contributed by atoms with Gasteiger partial charge in [-0.15, -0.1) is 0 Å². The first-order valence-electron chi connectivity index (χ1n) is 15.0. The van der Waals surface area contributed by atoms with E-state index in [2.05, 4.69) is 55.4 Å². The minimum absolute atomic E-state index is 0.0585. The first-order valence-corrected chi connectivity index (χ1v) is 15.0. The van der Waals surface area contributed by atoms with Crippen LogP contribution in [-0.2, 0) is 11.2 Å². The largest absolute Gasteiger partial charge is 0.487 e. The molecule has 1 aromatic rings. The van der Waals surface area contributed by atoms with E-state index in [1.807, 2.05) is 0 Å². The summed E-state index contributed by atoms with van der Waals surface area (Å²) in [4.78, 5) is 12.3. The third-order valence-electron chi connectivity index (χ3n) is 8.95. The lowest BCUT2D eigenvalue weighted by molar-refractivity contribution is -0.135. The number of esters is 1. The van der Waals surface area contributed by atoms with Crippen molar-refractivity contribution < 1.29 is 14.3 Å². The second kappa shape index (κ2) is 12.8. The van der Waals surface area contributed by atoms with Crippen molar-refractivity contribution in [1.82, 2.24) is 0 Å². The van der Waals surface area contributed by atoms with E-state index in [0.717, 1.165) is 78.0 Å². The minimum atomic E-state index is -0.104. The van der Waals surface area contributed by atoms with E-state index in [1.54, 1.807) is 0 Å². The first kappa shape index (κ1) is 29.1. The van der Waals surface area contributed by atoms with Crippen LogP contribution in [0, 0.1) is 44.4 Å². The molecule has 0 saturated heterocycles. The maximum Gasteiger partial charge on any atom is 0.314 e. The number of ether oxygens (including phenoxy) is 2. The fraction of sp³-hybridized carbons (Fsp3) is 0.788. The smallest absolute Gasteiger partial charge is 0.314 e. The third-order valence-corrected chi connectivity index (χ3v) is 8.95. The zero-order chi connectivity index (χ0) is 26.5. The third kappa shape index (κ3) is 7.99. The molecule has 0 N–H and O–H groups in total. The van der Waals surface area contributed by atoms with Crippen LogP contribution in [-0.4, -0.2) is 11.6 Å². The average Bonchev–Trinajstić information content (AvgIpc) is 3.65. The van der Waals surface area contributed by atoms with Crippen molar-refractivity contribution in [3.05, 3.63) is 22.3 Å². The summed E-state index contributed by atoms with van der Waals surface area (Å²) in [7, 11) is 0. The van der Waals surface area contributed by atoms with Crippen molar-refractivity contribution in [3.63, 3.8) is 0 Å². The van der Waals surface area contributed by atoms with Gasteiger partial charge < -0.3 is 9.47 Å². The summed E-state index contributed by atoms with van der Waals surface area (Å²) in [5.74, 6) is 4.38. The van der Waals surface area contributed by atoms with E-state index in [9.17, 15) is 4.79 Å². The Bertz CT molecular complexity index is 882. The van der Waals surface area contributed by atoms with Crippen molar-refractivity contribution in [3.8, 4) is 11.5 Å². The topological polar surface area (TPSA) is 35.5 Å². The van der Waals surface area contributed by atoms with Gasteiger partial charge in [-0.3, -0.25) is 4.79 Å². The molecule has 1 aromatic carbocycles. The molecule has 0 bridgehead atoms. The van der Waals surface area contributed by atoms with E-state index < -0.39 is 0 Å². The molecule has 3 rings (SSSR count). The summed E-state index contributed by atoms with van der Waals surface area (Å²) in [6.45, 7) is 18.1. The Morgan fingerprint density at radius 2 is 1.47 bits per heavy atom. The molecule has 1 aliphatic heterocycles. The summed E-state index contributed by atoms with van der Waals surface area (Å²) in [6, 6.07) is 0. The summed E-state index contributed by atoms with van der Waals surface area (Å²) < 4.78 is 12.6. The first-order chi connectivity index (χ1) is 17.0. The highest BCUT2D eigenvalue weighted by molar-refractivity contribution is 5.78. The Hall–Kier alpha value is -1.51. The van der Waals surface area contributed by atoms with Crippen LogP contribution in [0.15, 0.2) is 0 Å². The Morgan fingerprint density at radius 1 is 0.889 bits per heavy atom. The molecule has 3 unspecified atom stereocenters. The Morgan fingerprint density at radius 3 is 2.06 bits per heavy atom. The molecule has 0 radical (unpaired) electrons. The van der Waals surface area contributed by atoms with Gasteiger partial charge in [0.2, 0.25) is 0 Å². The number of rotatable bonds is 14. The number of carbonyl (C=O) groups is 1. The number of fused-ring (bicyclic) bond motifs is 1. The molecule has 0 amide bonds. The Labute approximate surface area is 222 Å². The van der Waals surface area contributed by atoms with Crippen LogP contribution in [0.4, 0.5) is 0 Å². The lowest BCUT2D eigenvalue weighted by Crippen LogP contribution is -2.37. The number of hydrogen-bond donors (Lipinski definition) is 0. The molecule has 3 heteroatoms. The maximum atomic E-state index is 12.3. The number of benzene rings is 1. The van der Waals surface area contributed by atoms with Crippen LogP contribution in [0.5, 0.6) is 11.5 Å². The Balaban J connectivity index is 1.46. The van der Waals surface area contributed by atoms with Crippen LogP contribution in [0.1, 0.15) is 134 Å². The van der Waals surface area contributed by atoms with Crippen molar-refractivity contribution in [2.75, 3.05) is 0 Å². The monoisotopic (exact) mass is 498 g/mol. The molecule has 36 heavy (non-hydrogen) atoms. The van der Waals surface area contributed by atoms with Gasteiger partial charge in [0.15, 0.2) is 0 Å². The predicted molar refractivity (Wildman–Crippen MR) is 151 cm³/mol. The SMILES string of the molecule is Cc1c(C)c2c(c(C)c1OC(=O)C1CC1)CCC(C)(CCCC(C)CCCC(C)CCCC(C)C)O2. The van der Waals surface area contributed by atoms with Gasteiger partial charge in [0.25, 0.3) is 0 Å². The van der Waals surface area contributed by atoms with Gasteiger partial charge in [-0.1, -0.05) is 72.6 Å². The maximum absolute atomic E-state index is 12.3. The highest BCUT2D eigenvalue weighted by Gasteiger charge is 2.36. The zero-order valence-corrected chi connectivity index (χ0v) is 24.7. The van der Waals surface area contributed by atoms with Gasteiger partial charge in [-0.05, 0) is 101 Å².